The summed E-state index contributed by atoms with van der Waals surface area (Å²) in [6.07, 6.45) is 3.22. The van der Waals surface area contributed by atoms with E-state index in [1.54, 1.807) is 0 Å². The third-order valence-electron chi connectivity index (χ3n) is 3.64. The molecule has 1 saturated carbocycles. The second kappa shape index (κ2) is 8.92. The van der Waals surface area contributed by atoms with Crippen LogP contribution in [0.3, 0.4) is 0 Å². The summed E-state index contributed by atoms with van der Waals surface area (Å²) in [6.45, 7) is 10.4. The van der Waals surface area contributed by atoms with E-state index in [2.05, 4.69) is 48.3 Å². The van der Waals surface area contributed by atoms with E-state index in [0.717, 1.165) is 37.8 Å². The maximum atomic E-state index is 4.66. The maximum Gasteiger partial charge on any atom is 0.191 e. The second-order valence-corrected chi connectivity index (χ2v) is 6.73. The van der Waals surface area contributed by atoms with Crippen molar-refractivity contribution < 1.29 is 0 Å². The first-order chi connectivity index (χ1) is 9.63. The Kier molecular flexibility index (Phi) is 7.94. The van der Waals surface area contributed by atoms with Gasteiger partial charge in [-0.3, -0.25) is 4.99 Å². The van der Waals surface area contributed by atoms with Gasteiger partial charge in [0, 0.05) is 30.4 Å². The summed E-state index contributed by atoms with van der Waals surface area (Å²) in [5.74, 6) is 1.73. The maximum absolute atomic E-state index is 4.66. The van der Waals surface area contributed by atoms with Gasteiger partial charge < -0.3 is 10.6 Å². The molecule has 0 spiro atoms. The second-order valence-electron chi connectivity index (χ2n) is 5.44. The van der Waals surface area contributed by atoms with Crippen LogP contribution in [0.2, 0.25) is 0 Å². The van der Waals surface area contributed by atoms with Gasteiger partial charge in [-0.1, -0.05) is 13.8 Å². The van der Waals surface area contributed by atoms with Crippen molar-refractivity contribution in [2.75, 3.05) is 13.1 Å². The van der Waals surface area contributed by atoms with Crippen molar-refractivity contribution in [2.45, 2.75) is 53.0 Å². The number of nitrogens with one attached hydrogen (secondary N) is 2. The van der Waals surface area contributed by atoms with Gasteiger partial charge in [0.15, 0.2) is 5.96 Å². The number of halogens is 1. The highest BCUT2D eigenvalue weighted by Gasteiger charge is 2.33. The Hall–Kier alpha value is -0.370. The molecule has 21 heavy (non-hydrogen) atoms. The molecule has 2 unspecified atom stereocenters. The van der Waals surface area contributed by atoms with Gasteiger partial charge in [-0.25, -0.2) is 4.98 Å². The van der Waals surface area contributed by atoms with Gasteiger partial charge in [-0.15, -0.1) is 35.3 Å². The van der Waals surface area contributed by atoms with E-state index in [1.807, 2.05) is 11.3 Å². The van der Waals surface area contributed by atoms with Gasteiger partial charge in [0.2, 0.25) is 0 Å². The molecule has 0 saturated heterocycles. The van der Waals surface area contributed by atoms with Crippen molar-refractivity contribution in [3.05, 3.63) is 15.6 Å². The molecule has 2 N–H and O–H groups in total. The summed E-state index contributed by atoms with van der Waals surface area (Å²) in [5.41, 5.74) is 1.24. The monoisotopic (exact) mass is 422 g/mol. The van der Waals surface area contributed by atoms with E-state index in [0.29, 0.717) is 6.04 Å². The Morgan fingerprint density at radius 1 is 1.43 bits per heavy atom. The van der Waals surface area contributed by atoms with Crippen LogP contribution >= 0.6 is 35.3 Å². The molecule has 1 aromatic rings. The zero-order valence-electron chi connectivity index (χ0n) is 13.4. The molecule has 1 aliphatic rings. The first kappa shape index (κ1) is 18.7. The van der Waals surface area contributed by atoms with Crippen LogP contribution in [0.15, 0.2) is 4.99 Å². The molecule has 1 aliphatic carbocycles. The third-order valence-corrected chi connectivity index (χ3v) is 4.72. The Morgan fingerprint density at radius 2 is 2.14 bits per heavy atom. The van der Waals surface area contributed by atoms with E-state index in [4.69, 9.17) is 0 Å². The smallest absolute Gasteiger partial charge is 0.191 e. The highest BCUT2D eigenvalue weighted by molar-refractivity contribution is 14.0. The molecule has 4 nitrogen and oxygen atoms in total. The minimum absolute atomic E-state index is 0. The predicted molar refractivity (Wildman–Crippen MR) is 102 cm³/mol. The minimum Gasteiger partial charge on any atom is -0.357 e. The predicted octanol–water partition coefficient (Wildman–Crippen LogP) is 3.14. The first-order valence-corrected chi connectivity index (χ1v) is 8.45. The van der Waals surface area contributed by atoms with Crippen LogP contribution < -0.4 is 10.6 Å². The number of aromatic nitrogens is 1. The Balaban J connectivity index is 0.00000220. The summed E-state index contributed by atoms with van der Waals surface area (Å²) in [7, 11) is 0. The van der Waals surface area contributed by atoms with Gasteiger partial charge >= 0.3 is 0 Å². The average molecular weight is 422 g/mol. The third kappa shape index (κ3) is 5.73. The van der Waals surface area contributed by atoms with Crippen molar-refractivity contribution in [3.63, 3.8) is 0 Å². The Bertz CT molecular complexity index is 472. The van der Waals surface area contributed by atoms with Crippen LogP contribution in [0.25, 0.3) is 0 Å². The number of guanidine groups is 1. The minimum atomic E-state index is 0. The number of thiazole rings is 1. The van der Waals surface area contributed by atoms with Gasteiger partial charge in [0.05, 0.1) is 10.7 Å². The molecule has 0 aromatic carbocycles. The zero-order valence-corrected chi connectivity index (χ0v) is 16.5. The molecule has 120 valence electrons. The highest BCUT2D eigenvalue weighted by Crippen LogP contribution is 2.28. The lowest BCUT2D eigenvalue weighted by Crippen LogP contribution is -2.39. The van der Waals surface area contributed by atoms with Crippen LogP contribution in [-0.4, -0.2) is 30.1 Å². The molecular weight excluding hydrogens is 395 g/mol. The van der Waals surface area contributed by atoms with Crippen LogP contribution in [0.4, 0.5) is 0 Å². The Labute approximate surface area is 149 Å². The fraction of sp³-hybridized carbons (Fsp3) is 0.733. The molecule has 0 aliphatic heterocycles. The van der Waals surface area contributed by atoms with E-state index in [1.165, 1.54) is 22.0 Å². The number of hydrogen-bond acceptors (Lipinski definition) is 3. The van der Waals surface area contributed by atoms with Crippen LogP contribution in [0.5, 0.6) is 0 Å². The first-order valence-electron chi connectivity index (χ1n) is 7.64. The van der Waals surface area contributed by atoms with Crippen molar-refractivity contribution in [2.24, 2.45) is 10.9 Å². The molecule has 0 bridgehead atoms. The SMILES string of the molecule is CCNC(=NCCc1nc(CC)c(C)s1)NC1CC1C.I. The standard InChI is InChI=1S/C15H26N4S.HI/c1-5-12-11(4)20-14(18-12)7-8-17-15(16-6-2)19-13-9-10(13)3;/h10,13H,5-9H2,1-4H3,(H2,16,17,19);1H. The highest BCUT2D eigenvalue weighted by atomic mass is 127. The number of aryl methyl sites for hydroxylation is 2. The molecule has 1 aromatic heterocycles. The van der Waals surface area contributed by atoms with E-state index in [9.17, 15) is 0 Å². The van der Waals surface area contributed by atoms with Gasteiger partial charge in [0.1, 0.15) is 0 Å². The van der Waals surface area contributed by atoms with Gasteiger partial charge in [-0.05, 0) is 32.6 Å². The molecule has 0 amide bonds. The van der Waals surface area contributed by atoms with Crippen LogP contribution in [0, 0.1) is 12.8 Å². The summed E-state index contributed by atoms with van der Waals surface area (Å²) in [5, 5.41) is 8.00. The summed E-state index contributed by atoms with van der Waals surface area (Å²) >= 11 is 1.81. The van der Waals surface area contributed by atoms with Crippen LogP contribution in [0.1, 0.15) is 42.8 Å². The molecule has 2 atom stereocenters. The molecule has 1 heterocycles. The Morgan fingerprint density at radius 3 is 2.67 bits per heavy atom. The number of rotatable bonds is 6. The summed E-state index contributed by atoms with van der Waals surface area (Å²) in [4.78, 5) is 10.7. The fourth-order valence-electron chi connectivity index (χ4n) is 2.20. The topological polar surface area (TPSA) is 49.3 Å². The van der Waals surface area contributed by atoms with Crippen LogP contribution in [-0.2, 0) is 12.8 Å². The van der Waals surface area contributed by atoms with Crippen molar-refractivity contribution in [3.8, 4) is 0 Å². The number of nitrogens with zero attached hydrogens (tertiary/aromatic N) is 2. The molecule has 2 rings (SSSR count). The number of aliphatic imine (C=N–C) groups is 1. The molecule has 1 fully saturated rings. The molecule has 0 radical (unpaired) electrons. The van der Waals surface area contributed by atoms with Gasteiger partial charge in [0.25, 0.3) is 0 Å². The lowest BCUT2D eigenvalue weighted by atomic mass is 10.3. The van der Waals surface area contributed by atoms with Crippen molar-refractivity contribution >= 4 is 41.3 Å². The molecule has 6 heteroatoms. The largest absolute Gasteiger partial charge is 0.357 e. The van der Waals surface area contributed by atoms with E-state index in [-0.39, 0.29) is 24.0 Å². The zero-order chi connectivity index (χ0) is 14.5. The van der Waals surface area contributed by atoms with Gasteiger partial charge in [-0.2, -0.15) is 0 Å². The average Bonchev–Trinajstić information content (AvgIpc) is 2.97. The van der Waals surface area contributed by atoms with Crippen molar-refractivity contribution in [1.29, 1.82) is 0 Å². The lowest BCUT2D eigenvalue weighted by molar-refractivity contribution is 0.764. The quantitative estimate of drug-likeness (QED) is 0.421. The van der Waals surface area contributed by atoms with E-state index >= 15 is 0 Å². The summed E-state index contributed by atoms with van der Waals surface area (Å²) < 4.78 is 0. The number of hydrogen-bond donors (Lipinski definition) is 2. The normalized spacial score (nSPS) is 20.9. The van der Waals surface area contributed by atoms with E-state index < -0.39 is 0 Å². The van der Waals surface area contributed by atoms with Crippen molar-refractivity contribution in [1.82, 2.24) is 15.6 Å². The molecular formula is C15H27IN4S. The lowest BCUT2D eigenvalue weighted by Gasteiger charge is -2.10. The summed E-state index contributed by atoms with van der Waals surface area (Å²) in [6, 6.07) is 0.613. The fourth-order valence-corrected chi connectivity index (χ4v) is 3.22.